The number of carbonyl (C=O) groups excluding carboxylic acids is 1. The summed E-state index contributed by atoms with van der Waals surface area (Å²) in [6, 6.07) is 13.4. The zero-order valence-corrected chi connectivity index (χ0v) is 24.5. The van der Waals surface area contributed by atoms with Gasteiger partial charge in [0.15, 0.2) is 11.5 Å². The van der Waals surface area contributed by atoms with Crippen LogP contribution in [0.25, 0.3) is 0 Å². The van der Waals surface area contributed by atoms with Gasteiger partial charge in [-0.05, 0) is 56.3 Å². The smallest absolute Gasteiger partial charge is 0.222 e. The van der Waals surface area contributed by atoms with E-state index in [1.54, 1.807) is 20.3 Å². The van der Waals surface area contributed by atoms with Crippen LogP contribution >= 0.6 is 0 Å². The van der Waals surface area contributed by atoms with Gasteiger partial charge < -0.3 is 24.4 Å². The molecule has 8 nitrogen and oxygen atoms in total. The van der Waals surface area contributed by atoms with Gasteiger partial charge in [-0.15, -0.1) is 0 Å². The van der Waals surface area contributed by atoms with Crippen LogP contribution < -0.4 is 14.4 Å². The number of benzene rings is 2. The largest absolute Gasteiger partial charge is 0.493 e. The van der Waals surface area contributed by atoms with Gasteiger partial charge in [-0.3, -0.25) is 14.6 Å². The number of likely N-dealkylation sites (tertiary alicyclic amines) is 2. The van der Waals surface area contributed by atoms with Crippen LogP contribution in [0, 0.1) is 11.7 Å². The topological polar surface area (TPSA) is 68.7 Å². The molecule has 0 saturated carbocycles. The molecular weight excluding hydrogens is 523 g/mol. The molecule has 3 aliphatic heterocycles. The third-order valence-electron chi connectivity index (χ3n) is 9.18. The molecule has 3 heterocycles. The number of hydrogen-bond donors (Lipinski definition) is 1. The number of methoxy groups -OCH3 is 2. The van der Waals surface area contributed by atoms with Crippen molar-refractivity contribution in [1.29, 1.82) is 0 Å². The molecule has 41 heavy (non-hydrogen) atoms. The van der Waals surface area contributed by atoms with Crippen molar-refractivity contribution in [3.8, 4) is 11.5 Å². The lowest BCUT2D eigenvalue weighted by atomic mass is 9.86. The van der Waals surface area contributed by atoms with Crippen LogP contribution in [-0.2, 0) is 11.3 Å². The first-order valence-corrected chi connectivity index (χ1v) is 15.1. The zero-order chi connectivity index (χ0) is 28.8. The average Bonchev–Trinajstić information content (AvgIpc) is 3.00. The molecule has 2 aromatic carbocycles. The molecule has 9 heteroatoms. The minimum atomic E-state index is -0.285. The standard InChI is InChI=1S/C32H45FN4O4/c1-40-30-9-5-6-25(32(30)41-2)23-34-15-14-28(24(22-34)10-11-31(39)37-16-12-26(38)13-17-37)35-18-20-36(21-19-35)29-8-4-3-7-27(29)33/h3-9,24,26,28,38H,10-23H2,1-2H3/t24-,28+/m0/s1. The summed E-state index contributed by atoms with van der Waals surface area (Å²) in [5, 5.41) is 9.86. The van der Waals surface area contributed by atoms with E-state index in [2.05, 4.69) is 20.8 Å². The van der Waals surface area contributed by atoms with Gasteiger partial charge in [0.25, 0.3) is 0 Å². The second-order valence-corrected chi connectivity index (χ2v) is 11.6. The van der Waals surface area contributed by atoms with Crippen LogP contribution in [0.5, 0.6) is 11.5 Å². The van der Waals surface area contributed by atoms with Gasteiger partial charge in [-0.2, -0.15) is 0 Å². The van der Waals surface area contributed by atoms with E-state index in [0.717, 1.165) is 75.7 Å². The lowest BCUT2D eigenvalue weighted by Gasteiger charge is -2.47. The number of halogens is 1. The predicted octanol–water partition coefficient (Wildman–Crippen LogP) is 3.62. The van der Waals surface area contributed by atoms with Crippen LogP contribution in [0.1, 0.15) is 37.7 Å². The summed E-state index contributed by atoms with van der Waals surface area (Å²) in [4.78, 5) is 22.3. The molecular formula is C32H45FN4O4. The van der Waals surface area contributed by atoms with E-state index >= 15 is 0 Å². The first kappa shape index (κ1) is 29.6. The summed E-state index contributed by atoms with van der Waals surface area (Å²) in [6.45, 7) is 7.30. The zero-order valence-electron chi connectivity index (χ0n) is 24.5. The molecule has 3 fully saturated rings. The number of rotatable bonds is 9. The highest BCUT2D eigenvalue weighted by Crippen LogP contribution is 2.34. The quantitative estimate of drug-likeness (QED) is 0.496. The number of para-hydroxylation sites is 2. The number of carbonyl (C=O) groups is 1. The van der Waals surface area contributed by atoms with E-state index in [0.29, 0.717) is 50.0 Å². The number of aliphatic hydroxyl groups excluding tert-OH is 1. The van der Waals surface area contributed by atoms with E-state index in [9.17, 15) is 14.3 Å². The van der Waals surface area contributed by atoms with Crippen molar-refractivity contribution in [2.45, 2.75) is 50.8 Å². The van der Waals surface area contributed by atoms with Crippen molar-refractivity contribution in [3.05, 3.63) is 53.8 Å². The van der Waals surface area contributed by atoms with Gasteiger partial charge in [-0.25, -0.2) is 4.39 Å². The van der Waals surface area contributed by atoms with Crippen molar-refractivity contribution >= 4 is 11.6 Å². The molecule has 0 aromatic heterocycles. The van der Waals surface area contributed by atoms with E-state index in [4.69, 9.17) is 9.47 Å². The molecule has 5 rings (SSSR count). The third-order valence-corrected chi connectivity index (χ3v) is 9.18. The van der Waals surface area contributed by atoms with E-state index in [1.807, 2.05) is 29.2 Å². The number of anilines is 1. The predicted molar refractivity (Wildman–Crippen MR) is 158 cm³/mol. The fourth-order valence-corrected chi connectivity index (χ4v) is 6.91. The summed E-state index contributed by atoms with van der Waals surface area (Å²) in [7, 11) is 3.34. The number of aliphatic hydroxyl groups is 1. The summed E-state index contributed by atoms with van der Waals surface area (Å²) in [5.41, 5.74) is 1.79. The Hall–Kier alpha value is -2.88. The number of nitrogens with zero attached hydrogens (tertiary/aromatic N) is 4. The van der Waals surface area contributed by atoms with E-state index < -0.39 is 0 Å². The Morgan fingerprint density at radius 1 is 0.927 bits per heavy atom. The first-order valence-electron chi connectivity index (χ1n) is 15.1. The average molecular weight is 569 g/mol. The van der Waals surface area contributed by atoms with Crippen LogP contribution in [0.3, 0.4) is 0 Å². The molecule has 0 aliphatic carbocycles. The number of hydrogen-bond acceptors (Lipinski definition) is 7. The minimum absolute atomic E-state index is 0.163. The van der Waals surface area contributed by atoms with Gasteiger partial charge in [0.1, 0.15) is 5.82 Å². The van der Waals surface area contributed by atoms with Gasteiger partial charge in [0.05, 0.1) is 26.0 Å². The van der Waals surface area contributed by atoms with Crippen LogP contribution in [0.4, 0.5) is 10.1 Å². The summed E-state index contributed by atoms with van der Waals surface area (Å²) < 4.78 is 25.7. The van der Waals surface area contributed by atoms with Crippen molar-refractivity contribution in [2.24, 2.45) is 5.92 Å². The third kappa shape index (κ3) is 7.13. The molecule has 0 bridgehead atoms. The number of amides is 1. The first-order chi connectivity index (χ1) is 20.0. The Bertz CT molecular complexity index is 1150. The molecule has 1 amide bonds. The van der Waals surface area contributed by atoms with E-state index in [-0.39, 0.29) is 17.8 Å². The van der Waals surface area contributed by atoms with Crippen molar-refractivity contribution in [3.63, 3.8) is 0 Å². The van der Waals surface area contributed by atoms with Crippen molar-refractivity contribution in [2.75, 3.05) is 71.5 Å². The molecule has 3 aliphatic rings. The second kappa shape index (κ2) is 13.9. The van der Waals surface area contributed by atoms with Crippen molar-refractivity contribution in [1.82, 2.24) is 14.7 Å². The second-order valence-electron chi connectivity index (χ2n) is 11.6. The van der Waals surface area contributed by atoms with E-state index in [1.165, 1.54) is 6.07 Å². The fourth-order valence-electron chi connectivity index (χ4n) is 6.91. The lowest BCUT2D eigenvalue weighted by molar-refractivity contribution is -0.133. The van der Waals surface area contributed by atoms with Crippen LogP contribution in [0.2, 0.25) is 0 Å². The monoisotopic (exact) mass is 568 g/mol. The summed E-state index contributed by atoms with van der Waals surface area (Å²) >= 11 is 0. The molecule has 2 atom stereocenters. The maximum absolute atomic E-state index is 14.4. The van der Waals surface area contributed by atoms with Crippen molar-refractivity contribution < 1.29 is 23.8 Å². The molecule has 0 unspecified atom stereocenters. The Labute approximate surface area is 243 Å². The summed E-state index contributed by atoms with van der Waals surface area (Å²) in [6.07, 6.45) is 3.44. The van der Waals surface area contributed by atoms with Gasteiger partial charge >= 0.3 is 0 Å². The fraction of sp³-hybridized carbons (Fsp3) is 0.594. The molecule has 1 N–H and O–H groups in total. The normalized spacial score (nSPS) is 23.0. The Morgan fingerprint density at radius 2 is 1.68 bits per heavy atom. The Balaban J connectivity index is 1.25. The van der Waals surface area contributed by atoms with Gasteiger partial charge in [-0.1, -0.05) is 24.3 Å². The molecule has 0 spiro atoms. The van der Waals surface area contributed by atoms with Crippen LogP contribution in [0.15, 0.2) is 42.5 Å². The number of piperazine rings is 1. The molecule has 0 radical (unpaired) electrons. The lowest BCUT2D eigenvalue weighted by Crippen LogP contribution is -2.57. The molecule has 224 valence electrons. The molecule has 2 aromatic rings. The number of piperidine rings is 2. The highest BCUT2D eigenvalue weighted by molar-refractivity contribution is 5.76. The highest BCUT2D eigenvalue weighted by Gasteiger charge is 2.36. The van der Waals surface area contributed by atoms with Crippen LogP contribution in [-0.4, -0.2) is 104 Å². The van der Waals surface area contributed by atoms with Gasteiger partial charge in [0, 0.05) is 70.4 Å². The SMILES string of the molecule is COc1cccc(CN2CC[C@@H](N3CCN(c4ccccc4F)CC3)[C@@H](CCC(=O)N3CCC(O)CC3)C2)c1OC. The minimum Gasteiger partial charge on any atom is -0.493 e. The Morgan fingerprint density at radius 3 is 2.39 bits per heavy atom. The summed E-state index contributed by atoms with van der Waals surface area (Å²) in [5.74, 6) is 1.90. The Kier molecular flexibility index (Phi) is 10.0. The highest BCUT2D eigenvalue weighted by atomic mass is 19.1. The number of ether oxygens (including phenoxy) is 2. The maximum atomic E-state index is 14.4. The maximum Gasteiger partial charge on any atom is 0.222 e. The molecule has 3 saturated heterocycles. The van der Waals surface area contributed by atoms with Gasteiger partial charge in [0.2, 0.25) is 5.91 Å².